The van der Waals surface area contributed by atoms with E-state index in [9.17, 15) is 14.3 Å². The van der Waals surface area contributed by atoms with Gasteiger partial charge in [-0.3, -0.25) is 4.79 Å². The van der Waals surface area contributed by atoms with Crippen LogP contribution >= 0.6 is 11.8 Å². The molecule has 0 bridgehead atoms. The third-order valence-corrected chi connectivity index (χ3v) is 4.13. The van der Waals surface area contributed by atoms with Gasteiger partial charge in [-0.2, -0.15) is 11.8 Å². The summed E-state index contributed by atoms with van der Waals surface area (Å²) in [5.74, 6) is 1.10. The molecular weight excluding hydrogens is 301 g/mol. The van der Waals surface area contributed by atoms with E-state index < -0.39 is 0 Å². The summed E-state index contributed by atoms with van der Waals surface area (Å²) in [6.07, 6.45) is 0.157. The van der Waals surface area contributed by atoms with Gasteiger partial charge in [0.2, 0.25) is 5.91 Å². The predicted octanol–water partition coefficient (Wildman–Crippen LogP) is 3.12. The Balaban J connectivity index is 1.65. The zero-order valence-electron chi connectivity index (χ0n) is 12.1. The van der Waals surface area contributed by atoms with E-state index >= 15 is 0 Å². The number of phenols is 1. The zero-order chi connectivity index (χ0) is 15.8. The average Bonchev–Trinajstić information content (AvgIpc) is 2.51. The molecule has 116 valence electrons. The van der Waals surface area contributed by atoms with Gasteiger partial charge >= 0.3 is 0 Å². The molecule has 2 rings (SSSR count). The number of phenolic OH excluding ortho intramolecular Hbond substituents is 1. The van der Waals surface area contributed by atoms with E-state index in [-0.39, 0.29) is 23.9 Å². The maximum absolute atomic E-state index is 13.4. The van der Waals surface area contributed by atoms with E-state index in [1.165, 1.54) is 6.07 Å². The first-order chi connectivity index (χ1) is 10.7. The topological polar surface area (TPSA) is 49.3 Å². The van der Waals surface area contributed by atoms with Crippen molar-refractivity contribution in [1.29, 1.82) is 0 Å². The van der Waals surface area contributed by atoms with Crippen molar-refractivity contribution in [1.82, 2.24) is 5.32 Å². The summed E-state index contributed by atoms with van der Waals surface area (Å²) >= 11 is 1.57. The maximum Gasteiger partial charge on any atom is 0.224 e. The molecule has 0 spiro atoms. The SMILES string of the molecule is O=C(Cc1ccccc1O)NCCSCc1ccccc1F. The number of carbonyl (C=O) groups is 1. The van der Waals surface area contributed by atoms with E-state index in [1.54, 1.807) is 48.2 Å². The number of nitrogens with one attached hydrogen (secondary N) is 1. The summed E-state index contributed by atoms with van der Waals surface area (Å²) in [5.41, 5.74) is 1.28. The van der Waals surface area contributed by atoms with Crippen molar-refractivity contribution in [3.05, 3.63) is 65.5 Å². The Bertz CT molecular complexity index is 634. The summed E-state index contributed by atoms with van der Waals surface area (Å²) in [6.45, 7) is 0.519. The van der Waals surface area contributed by atoms with Crippen LogP contribution in [0.4, 0.5) is 4.39 Å². The number of halogens is 1. The number of rotatable bonds is 7. The van der Waals surface area contributed by atoms with Crippen LogP contribution in [-0.4, -0.2) is 23.3 Å². The molecule has 0 atom stereocenters. The number of para-hydroxylation sites is 1. The number of aromatic hydroxyl groups is 1. The summed E-state index contributed by atoms with van der Waals surface area (Å²) < 4.78 is 13.4. The Morgan fingerprint density at radius 1 is 1.09 bits per heavy atom. The Morgan fingerprint density at radius 2 is 1.77 bits per heavy atom. The fourth-order valence-corrected chi connectivity index (χ4v) is 2.80. The molecule has 0 saturated heterocycles. The number of hydrogen-bond acceptors (Lipinski definition) is 3. The van der Waals surface area contributed by atoms with Crippen molar-refractivity contribution in [2.75, 3.05) is 12.3 Å². The number of thioether (sulfide) groups is 1. The molecule has 0 aliphatic heterocycles. The van der Waals surface area contributed by atoms with Crippen LogP contribution in [0.5, 0.6) is 5.75 Å². The van der Waals surface area contributed by atoms with Gasteiger partial charge in [0.25, 0.3) is 0 Å². The Labute approximate surface area is 133 Å². The Kier molecular flexibility index (Phi) is 6.27. The summed E-state index contributed by atoms with van der Waals surface area (Å²) in [6, 6.07) is 13.5. The first-order valence-corrected chi connectivity index (χ1v) is 8.17. The lowest BCUT2D eigenvalue weighted by atomic mass is 10.1. The van der Waals surface area contributed by atoms with E-state index in [2.05, 4.69) is 5.32 Å². The van der Waals surface area contributed by atoms with Gasteiger partial charge in [0.15, 0.2) is 0 Å². The van der Waals surface area contributed by atoms with Crippen LogP contribution in [0.3, 0.4) is 0 Å². The highest BCUT2D eigenvalue weighted by Crippen LogP contribution is 2.16. The van der Waals surface area contributed by atoms with Gasteiger partial charge in [0, 0.05) is 23.6 Å². The van der Waals surface area contributed by atoms with Gasteiger partial charge in [0.1, 0.15) is 11.6 Å². The molecular formula is C17H18FNO2S. The Morgan fingerprint density at radius 3 is 2.50 bits per heavy atom. The zero-order valence-corrected chi connectivity index (χ0v) is 12.9. The molecule has 0 saturated carbocycles. The van der Waals surface area contributed by atoms with Crippen molar-refractivity contribution in [3.63, 3.8) is 0 Å². The van der Waals surface area contributed by atoms with Crippen molar-refractivity contribution >= 4 is 17.7 Å². The van der Waals surface area contributed by atoms with Crippen LogP contribution in [0.1, 0.15) is 11.1 Å². The van der Waals surface area contributed by atoms with E-state index in [0.29, 0.717) is 29.2 Å². The summed E-state index contributed by atoms with van der Waals surface area (Å²) in [7, 11) is 0. The molecule has 2 N–H and O–H groups in total. The van der Waals surface area contributed by atoms with Crippen LogP contribution in [0.15, 0.2) is 48.5 Å². The largest absolute Gasteiger partial charge is 0.508 e. The Hall–Kier alpha value is -2.01. The molecule has 2 aromatic rings. The molecule has 5 heteroatoms. The highest BCUT2D eigenvalue weighted by atomic mass is 32.2. The fourth-order valence-electron chi connectivity index (χ4n) is 1.96. The highest BCUT2D eigenvalue weighted by Gasteiger charge is 2.06. The van der Waals surface area contributed by atoms with Gasteiger partial charge in [-0.05, 0) is 17.7 Å². The first-order valence-electron chi connectivity index (χ1n) is 7.01. The second-order valence-electron chi connectivity index (χ2n) is 4.80. The van der Waals surface area contributed by atoms with Gasteiger partial charge in [-0.25, -0.2) is 4.39 Å². The van der Waals surface area contributed by atoms with Gasteiger partial charge < -0.3 is 10.4 Å². The van der Waals surface area contributed by atoms with Crippen LogP contribution in [-0.2, 0) is 17.0 Å². The first kappa shape index (κ1) is 16.4. The quantitative estimate of drug-likeness (QED) is 0.771. The smallest absolute Gasteiger partial charge is 0.224 e. The molecule has 2 aromatic carbocycles. The summed E-state index contributed by atoms with van der Waals surface area (Å²) in [5, 5.41) is 12.4. The average molecular weight is 319 g/mol. The maximum atomic E-state index is 13.4. The highest BCUT2D eigenvalue weighted by molar-refractivity contribution is 7.98. The lowest BCUT2D eigenvalue weighted by Gasteiger charge is -2.07. The minimum Gasteiger partial charge on any atom is -0.508 e. The molecule has 22 heavy (non-hydrogen) atoms. The number of carbonyl (C=O) groups excluding carboxylic acids is 1. The minimum absolute atomic E-state index is 0.131. The second-order valence-corrected chi connectivity index (χ2v) is 5.90. The third kappa shape index (κ3) is 5.07. The standard InChI is InChI=1S/C17H18FNO2S/c18-15-7-3-1-6-14(15)12-22-10-9-19-17(21)11-13-5-2-4-8-16(13)20/h1-8,20H,9-12H2,(H,19,21). The predicted molar refractivity (Wildman–Crippen MR) is 87.4 cm³/mol. The molecule has 0 fully saturated rings. The number of hydrogen-bond donors (Lipinski definition) is 2. The monoisotopic (exact) mass is 319 g/mol. The van der Waals surface area contributed by atoms with Gasteiger partial charge in [-0.1, -0.05) is 36.4 Å². The summed E-state index contributed by atoms with van der Waals surface area (Å²) in [4.78, 5) is 11.8. The van der Waals surface area contributed by atoms with Gasteiger partial charge in [0.05, 0.1) is 6.42 Å². The van der Waals surface area contributed by atoms with Crippen LogP contribution < -0.4 is 5.32 Å². The number of amides is 1. The molecule has 0 aromatic heterocycles. The molecule has 1 amide bonds. The lowest BCUT2D eigenvalue weighted by Crippen LogP contribution is -2.27. The third-order valence-electron chi connectivity index (χ3n) is 3.13. The lowest BCUT2D eigenvalue weighted by molar-refractivity contribution is -0.120. The van der Waals surface area contributed by atoms with Crippen molar-refractivity contribution in [2.45, 2.75) is 12.2 Å². The minimum atomic E-state index is -0.196. The fraction of sp³-hybridized carbons (Fsp3) is 0.235. The molecule has 3 nitrogen and oxygen atoms in total. The molecule has 0 unspecified atom stereocenters. The van der Waals surface area contributed by atoms with E-state index in [1.807, 2.05) is 6.07 Å². The molecule has 0 radical (unpaired) electrons. The second kappa shape index (κ2) is 8.44. The molecule has 0 heterocycles. The van der Waals surface area contributed by atoms with Gasteiger partial charge in [-0.15, -0.1) is 0 Å². The van der Waals surface area contributed by atoms with E-state index in [0.717, 1.165) is 0 Å². The van der Waals surface area contributed by atoms with Crippen molar-refractivity contribution < 1.29 is 14.3 Å². The number of benzene rings is 2. The van der Waals surface area contributed by atoms with Crippen molar-refractivity contribution in [2.24, 2.45) is 0 Å². The van der Waals surface area contributed by atoms with Crippen LogP contribution in [0.2, 0.25) is 0 Å². The molecule has 0 aliphatic carbocycles. The van der Waals surface area contributed by atoms with Crippen molar-refractivity contribution in [3.8, 4) is 5.75 Å². The van der Waals surface area contributed by atoms with Crippen LogP contribution in [0, 0.1) is 5.82 Å². The van der Waals surface area contributed by atoms with E-state index in [4.69, 9.17) is 0 Å². The normalized spacial score (nSPS) is 10.4. The molecule has 0 aliphatic rings. The van der Waals surface area contributed by atoms with Crippen LogP contribution in [0.25, 0.3) is 0 Å².